The maximum absolute atomic E-state index is 5.85. The predicted molar refractivity (Wildman–Crippen MR) is 60.3 cm³/mol. The molecule has 0 spiro atoms. The molecule has 1 nitrogen and oxygen atoms in total. The van der Waals surface area contributed by atoms with Crippen LogP contribution in [0.5, 0.6) is 0 Å². The Morgan fingerprint density at radius 3 is 2.69 bits per heavy atom. The van der Waals surface area contributed by atoms with Crippen molar-refractivity contribution in [2.24, 2.45) is 0 Å². The lowest BCUT2D eigenvalue weighted by Crippen LogP contribution is -2.07. The van der Waals surface area contributed by atoms with Crippen LogP contribution in [0.4, 0.5) is 0 Å². The molecule has 0 unspecified atom stereocenters. The summed E-state index contributed by atoms with van der Waals surface area (Å²) in [4.78, 5) is 4.24. The Kier molecular flexibility index (Phi) is 3.63. The molecule has 1 aromatic heterocycles. The highest BCUT2D eigenvalue weighted by atomic mass is 35.5. The van der Waals surface area contributed by atoms with Crippen molar-refractivity contribution in [3.63, 3.8) is 0 Å². The minimum atomic E-state index is 0.282. The molecule has 1 aromatic rings. The molecule has 0 N–H and O–H groups in total. The van der Waals surface area contributed by atoms with Gasteiger partial charge in [0.05, 0.1) is 5.69 Å². The fraction of sp³-hybridized carbons (Fsp3) is 0.500. The minimum Gasteiger partial charge on any atom is -0.260 e. The van der Waals surface area contributed by atoms with E-state index in [-0.39, 0.29) is 4.75 Å². The summed E-state index contributed by atoms with van der Waals surface area (Å²) in [6.07, 6.45) is 1.75. The van der Waals surface area contributed by atoms with Crippen LogP contribution < -0.4 is 0 Å². The summed E-state index contributed by atoms with van der Waals surface area (Å²) in [7, 11) is 0. The molecule has 0 bridgehead atoms. The quantitative estimate of drug-likeness (QED) is 0.745. The summed E-state index contributed by atoms with van der Waals surface area (Å²) in [5.41, 5.74) is 1.05. The average molecular weight is 216 g/mol. The van der Waals surface area contributed by atoms with Gasteiger partial charge in [-0.15, -0.1) is 11.8 Å². The van der Waals surface area contributed by atoms with Crippen molar-refractivity contribution in [2.75, 3.05) is 0 Å². The molecular formula is C10H14ClNS. The zero-order valence-electron chi connectivity index (χ0n) is 8.17. The third-order valence-corrected chi connectivity index (χ3v) is 2.97. The number of aromatic nitrogens is 1. The van der Waals surface area contributed by atoms with E-state index >= 15 is 0 Å². The SMILES string of the molecule is CC(C)(C)SCc1cc(Cl)ccn1. The van der Waals surface area contributed by atoms with Gasteiger partial charge in [0, 0.05) is 21.7 Å². The summed E-state index contributed by atoms with van der Waals surface area (Å²) in [5, 5.41) is 0.763. The number of hydrogen-bond acceptors (Lipinski definition) is 2. The summed E-state index contributed by atoms with van der Waals surface area (Å²) in [5.74, 6) is 0.921. The fourth-order valence-corrected chi connectivity index (χ4v) is 1.74. The second-order valence-corrected chi connectivity index (χ2v) is 6.10. The van der Waals surface area contributed by atoms with Gasteiger partial charge in [-0.3, -0.25) is 4.98 Å². The molecule has 0 aliphatic heterocycles. The molecule has 13 heavy (non-hydrogen) atoms. The number of hydrogen-bond donors (Lipinski definition) is 0. The van der Waals surface area contributed by atoms with Crippen LogP contribution in [0.15, 0.2) is 18.3 Å². The van der Waals surface area contributed by atoms with E-state index < -0.39 is 0 Å². The standard InChI is InChI=1S/C10H14ClNS/c1-10(2,3)13-7-9-6-8(11)4-5-12-9/h4-6H,7H2,1-3H3. The minimum absolute atomic E-state index is 0.282. The molecule has 1 heterocycles. The van der Waals surface area contributed by atoms with Crippen molar-refractivity contribution in [3.8, 4) is 0 Å². The zero-order valence-corrected chi connectivity index (χ0v) is 9.75. The summed E-state index contributed by atoms with van der Waals surface area (Å²) in [6, 6.07) is 3.72. The van der Waals surface area contributed by atoms with Gasteiger partial charge in [0.1, 0.15) is 0 Å². The molecule has 0 atom stereocenters. The smallest absolute Gasteiger partial charge is 0.0517 e. The Bertz CT molecular complexity index is 280. The molecule has 0 amide bonds. The maximum Gasteiger partial charge on any atom is 0.0517 e. The Hall–Kier alpha value is -0.210. The van der Waals surface area contributed by atoms with Crippen molar-refractivity contribution >= 4 is 23.4 Å². The summed E-state index contributed by atoms with van der Waals surface area (Å²) in [6.45, 7) is 6.59. The lowest BCUT2D eigenvalue weighted by molar-refractivity contribution is 0.801. The van der Waals surface area contributed by atoms with Gasteiger partial charge in [-0.05, 0) is 12.1 Å². The first kappa shape index (κ1) is 10.9. The van der Waals surface area contributed by atoms with E-state index in [0.717, 1.165) is 16.5 Å². The largest absolute Gasteiger partial charge is 0.260 e. The van der Waals surface area contributed by atoms with Gasteiger partial charge in [0.15, 0.2) is 0 Å². The molecule has 0 aliphatic rings. The van der Waals surface area contributed by atoms with Crippen LogP contribution in [0.2, 0.25) is 5.02 Å². The number of nitrogens with zero attached hydrogens (tertiary/aromatic N) is 1. The monoisotopic (exact) mass is 215 g/mol. The van der Waals surface area contributed by atoms with Gasteiger partial charge in [-0.25, -0.2) is 0 Å². The number of halogens is 1. The van der Waals surface area contributed by atoms with Crippen molar-refractivity contribution in [1.82, 2.24) is 4.98 Å². The van der Waals surface area contributed by atoms with Crippen molar-refractivity contribution in [1.29, 1.82) is 0 Å². The van der Waals surface area contributed by atoms with Crippen molar-refractivity contribution < 1.29 is 0 Å². The first-order valence-corrected chi connectivity index (χ1v) is 5.58. The third-order valence-electron chi connectivity index (χ3n) is 1.43. The van der Waals surface area contributed by atoms with E-state index in [1.807, 2.05) is 17.8 Å². The van der Waals surface area contributed by atoms with Gasteiger partial charge < -0.3 is 0 Å². The van der Waals surface area contributed by atoms with Gasteiger partial charge in [0.2, 0.25) is 0 Å². The van der Waals surface area contributed by atoms with Gasteiger partial charge in [-0.1, -0.05) is 32.4 Å². The van der Waals surface area contributed by atoms with Crippen LogP contribution in [0.25, 0.3) is 0 Å². The number of thioether (sulfide) groups is 1. The van der Waals surface area contributed by atoms with Crippen LogP contribution >= 0.6 is 23.4 Å². The second-order valence-electron chi connectivity index (χ2n) is 3.87. The van der Waals surface area contributed by atoms with Crippen LogP contribution in [0.1, 0.15) is 26.5 Å². The molecule has 0 radical (unpaired) electrons. The lowest BCUT2D eigenvalue weighted by Gasteiger charge is -2.16. The van der Waals surface area contributed by atoms with Crippen LogP contribution in [-0.2, 0) is 5.75 Å². The first-order valence-electron chi connectivity index (χ1n) is 4.22. The highest BCUT2D eigenvalue weighted by molar-refractivity contribution is 7.99. The van der Waals surface area contributed by atoms with E-state index in [0.29, 0.717) is 0 Å². The Labute approximate surface area is 88.9 Å². The summed E-state index contributed by atoms with van der Waals surface area (Å²) >= 11 is 7.72. The normalized spacial score (nSPS) is 11.7. The molecule has 0 saturated heterocycles. The number of pyridine rings is 1. The molecule has 1 rings (SSSR count). The third kappa shape index (κ3) is 4.53. The van der Waals surface area contributed by atoms with Crippen molar-refractivity contribution in [3.05, 3.63) is 29.0 Å². The maximum atomic E-state index is 5.85. The summed E-state index contributed by atoms with van der Waals surface area (Å²) < 4.78 is 0.282. The zero-order chi connectivity index (χ0) is 9.90. The fourth-order valence-electron chi connectivity index (χ4n) is 0.818. The Morgan fingerprint density at radius 1 is 1.46 bits per heavy atom. The molecular weight excluding hydrogens is 202 g/mol. The van der Waals surface area contributed by atoms with Gasteiger partial charge >= 0.3 is 0 Å². The Morgan fingerprint density at radius 2 is 2.15 bits per heavy atom. The second kappa shape index (κ2) is 4.34. The Balaban J connectivity index is 2.55. The van der Waals surface area contributed by atoms with E-state index in [1.54, 1.807) is 12.3 Å². The van der Waals surface area contributed by atoms with Crippen LogP contribution in [0.3, 0.4) is 0 Å². The van der Waals surface area contributed by atoms with Crippen LogP contribution in [-0.4, -0.2) is 9.73 Å². The highest BCUT2D eigenvalue weighted by Gasteiger charge is 2.10. The van der Waals surface area contributed by atoms with E-state index in [1.165, 1.54) is 0 Å². The average Bonchev–Trinajstić information content (AvgIpc) is 2.00. The topological polar surface area (TPSA) is 12.9 Å². The van der Waals surface area contributed by atoms with Gasteiger partial charge in [0.25, 0.3) is 0 Å². The van der Waals surface area contributed by atoms with E-state index in [4.69, 9.17) is 11.6 Å². The number of rotatable bonds is 2. The van der Waals surface area contributed by atoms with Gasteiger partial charge in [-0.2, -0.15) is 0 Å². The lowest BCUT2D eigenvalue weighted by atomic mass is 10.3. The molecule has 0 fully saturated rings. The molecule has 0 aromatic carbocycles. The predicted octanol–water partition coefficient (Wildman–Crippen LogP) is 3.77. The highest BCUT2D eigenvalue weighted by Crippen LogP contribution is 2.26. The van der Waals surface area contributed by atoms with E-state index in [9.17, 15) is 0 Å². The molecule has 0 saturated carbocycles. The van der Waals surface area contributed by atoms with Crippen molar-refractivity contribution in [2.45, 2.75) is 31.3 Å². The first-order chi connectivity index (χ1) is 5.97. The molecule has 72 valence electrons. The molecule has 0 aliphatic carbocycles. The van der Waals surface area contributed by atoms with Crippen LogP contribution in [0, 0.1) is 0 Å². The van der Waals surface area contributed by atoms with E-state index in [2.05, 4.69) is 25.8 Å². The molecule has 3 heteroatoms.